The molecule has 26 atom stereocenters. The zero-order valence-electron chi connectivity index (χ0n) is 46.2. The topological polar surface area (TPSA) is 548 Å². The van der Waals surface area contributed by atoms with Crippen LogP contribution in [0.2, 0.25) is 0 Å². The standard InChI is InChI=1S/C48H80Cl8O32/c49-8-1-17-25(58)32(65)41(73)80-18(2-9-50)26(59)33(66)43(75)82-20(4-11-52)28(61)36(69)46(78)87-39-24(15-56)86-47(38(71)31(39)64)85-21(5-12-53)29(62)35(68)45(77)84-23(7-14-55)40(72)48(79,16-57)88-22(6-13-54)30(63)37(70)44(76)83-19(3-10-51)27(60)34(67)42(74)81-17/h17-25,27-28,31-32,34,36,38-47,57-79H,1-16H2/b33-26-,35-29+,37-30+. The highest BCUT2D eigenvalue weighted by Crippen LogP contribution is 2.33. The first-order valence-corrected chi connectivity index (χ1v) is 30.9. The average Bonchev–Trinajstić information content (AvgIpc) is 1.06. The van der Waals surface area contributed by atoms with Crippen LogP contribution in [0.25, 0.3) is 0 Å². The van der Waals surface area contributed by atoms with Gasteiger partial charge in [-0.05, 0) is 44.9 Å². The van der Waals surface area contributed by atoms with Crippen molar-refractivity contribution >= 4 is 92.8 Å². The van der Waals surface area contributed by atoms with Gasteiger partial charge in [0.05, 0.1) is 36.9 Å². The molecular formula is C48H80Cl8O32. The monoisotopic (exact) mass is 1450 g/mol. The molecule has 0 aromatic rings. The van der Waals surface area contributed by atoms with E-state index in [9.17, 15) is 117 Å². The molecule has 3 aliphatic rings. The van der Waals surface area contributed by atoms with Crippen molar-refractivity contribution in [3.8, 4) is 0 Å². The summed E-state index contributed by atoms with van der Waals surface area (Å²) < 4.78 is 48.5. The van der Waals surface area contributed by atoms with Gasteiger partial charge in [-0.15, -0.1) is 92.8 Å². The van der Waals surface area contributed by atoms with E-state index in [1.165, 1.54) is 0 Å². The molecule has 23 N–H and O–H groups in total. The molecule has 520 valence electrons. The molecule has 1 fully saturated rings. The number of aliphatic hydroxyl groups excluding tert-OH is 22. The summed E-state index contributed by atoms with van der Waals surface area (Å²) in [4.78, 5) is 0. The first kappa shape index (κ1) is 83.4. The molecule has 26 unspecified atom stereocenters. The fraction of sp³-hybridized carbons (Fsp3) is 0.875. The molecule has 32 nitrogen and oxygen atoms in total. The molecule has 3 rings (SSSR count). The number of aliphatic hydroxyl groups is 23. The van der Waals surface area contributed by atoms with Crippen LogP contribution < -0.4 is 0 Å². The fourth-order valence-electron chi connectivity index (χ4n) is 8.47. The van der Waals surface area contributed by atoms with E-state index in [4.69, 9.17) is 135 Å². The van der Waals surface area contributed by atoms with E-state index in [0.29, 0.717) is 0 Å². The van der Waals surface area contributed by atoms with Gasteiger partial charge in [-0.1, -0.05) is 0 Å². The Hall–Kier alpha value is -0.700. The fourth-order valence-corrected chi connectivity index (χ4v) is 10.2. The minimum absolute atomic E-state index is 0.430. The lowest BCUT2D eigenvalue weighted by molar-refractivity contribution is -0.333. The molecule has 88 heavy (non-hydrogen) atoms. The summed E-state index contributed by atoms with van der Waals surface area (Å²) in [5.41, 5.74) is 0. The molecule has 2 bridgehead atoms. The normalized spacial score (nSPS) is 43.4. The second-order valence-electron chi connectivity index (χ2n) is 19.6. The predicted octanol–water partition coefficient (Wildman–Crippen LogP) is -2.73. The molecule has 0 saturated carbocycles. The van der Waals surface area contributed by atoms with Crippen molar-refractivity contribution in [1.29, 1.82) is 0 Å². The maximum atomic E-state index is 11.5. The van der Waals surface area contributed by atoms with Crippen molar-refractivity contribution in [1.82, 2.24) is 0 Å². The van der Waals surface area contributed by atoms with Gasteiger partial charge < -0.3 is 160 Å². The van der Waals surface area contributed by atoms with Crippen LogP contribution in [-0.4, -0.2) is 331 Å². The lowest BCUT2D eigenvalue weighted by Gasteiger charge is -2.43. The number of hydrogen-bond donors (Lipinski definition) is 23. The molecule has 40 heteroatoms. The van der Waals surface area contributed by atoms with Crippen LogP contribution in [0.5, 0.6) is 0 Å². The minimum Gasteiger partial charge on any atom is -0.506 e. The van der Waals surface area contributed by atoms with Crippen molar-refractivity contribution in [3.63, 3.8) is 0 Å². The Morgan fingerprint density at radius 1 is 0.318 bits per heavy atom. The van der Waals surface area contributed by atoms with Crippen LogP contribution in [-0.2, 0) is 42.6 Å². The number of fused-ring (bicyclic) bond motifs is 33. The lowest BCUT2D eigenvalue weighted by atomic mass is 9.98. The highest BCUT2D eigenvalue weighted by Gasteiger charge is 2.50. The summed E-state index contributed by atoms with van der Waals surface area (Å²) in [5, 5.41) is 255. The van der Waals surface area contributed by atoms with E-state index in [1.807, 2.05) is 0 Å². The third-order valence-corrected chi connectivity index (χ3v) is 15.3. The molecule has 0 amide bonds. The maximum absolute atomic E-state index is 11.5. The van der Waals surface area contributed by atoms with Gasteiger partial charge in [-0.3, -0.25) is 0 Å². The lowest BCUT2D eigenvalue weighted by Crippen LogP contribution is -2.62. The molecule has 0 aromatic heterocycles. The van der Waals surface area contributed by atoms with Gasteiger partial charge >= 0.3 is 0 Å². The highest BCUT2D eigenvalue weighted by molar-refractivity contribution is 6.19. The minimum atomic E-state index is -3.37. The highest BCUT2D eigenvalue weighted by atomic mass is 35.5. The van der Waals surface area contributed by atoms with Crippen LogP contribution in [0.4, 0.5) is 0 Å². The van der Waals surface area contributed by atoms with E-state index >= 15 is 0 Å². The van der Waals surface area contributed by atoms with Gasteiger partial charge in [0.1, 0.15) is 85.5 Å². The van der Waals surface area contributed by atoms with Crippen LogP contribution in [0.15, 0.2) is 34.6 Å². The Morgan fingerprint density at radius 2 is 0.648 bits per heavy atom. The smallest absolute Gasteiger partial charge is 0.219 e. The molecule has 0 spiro atoms. The molecule has 1 saturated heterocycles. The van der Waals surface area contributed by atoms with E-state index in [2.05, 4.69) is 0 Å². The summed E-state index contributed by atoms with van der Waals surface area (Å²) in [6, 6.07) is 0. The maximum Gasteiger partial charge on any atom is 0.219 e. The van der Waals surface area contributed by atoms with Crippen molar-refractivity contribution in [2.24, 2.45) is 0 Å². The molecule has 3 aliphatic heterocycles. The van der Waals surface area contributed by atoms with Gasteiger partial charge in [0.2, 0.25) is 24.7 Å². The number of hydrogen-bond acceptors (Lipinski definition) is 32. The van der Waals surface area contributed by atoms with Crippen LogP contribution in [0.1, 0.15) is 44.9 Å². The van der Waals surface area contributed by atoms with Crippen LogP contribution >= 0.6 is 92.8 Å². The second kappa shape index (κ2) is 41.3. The summed E-state index contributed by atoms with van der Waals surface area (Å²) in [5.74, 6) is -16.1. The summed E-state index contributed by atoms with van der Waals surface area (Å²) in [7, 11) is 0. The number of halogens is 8. The van der Waals surface area contributed by atoms with Gasteiger partial charge in [0, 0.05) is 41.2 Å². The van der Waals surface area contributed by atoms with E-state index in [1.54, 1.807) is 0 Å². The van der Waals surface area contributed by atoms with Gasteiger partial charge in [0.15, 0.2) is 59.7 Å². The first-order chi connectivity index (χ1) is 41.4. The van der Waals surface area contributed by atoms with Crippen molar-refractivity contribution in [2.75, 3.05) is 53.6 Å². The van der Waals surface area contributed by atoms with Crippen molar-refractivity contribution < 1.29 is 160 Å². The van der Waals surface area contributed by atoms with Gasteiger partial charge in [-0.25, -0.2) is 0 Å². The number of alkyl halides is 8. The third-order valence-electron chi connectivity index (χ3n) is 13.5. The summed E-state index contributed by atoms with van der Waals surface area (Å²) >= 11 is 47.3. The van der Waals surface area contributed by atoms with Crippen LogP contribution in [0, 0.1) is 0 Å². The molecule has 0 aromatic carbocycles. The summed E-state index contributed by atoms with van der Waals surface area (Å²) in [6.45, 7) is -1.64. The largest absolute Gasteiger partial charge is 0.506 e. The van der Waals surface area contributed by atoms with Gasteiger partial charge in [0.25, 0.3) is 0 Å². The molecular weight excluding hydrogens is 1370 g/mol. The predicted molar refractivity (Wildman–Crippen MR) is 305 cm³/mol. The quantitative estimate of drug-likeness (QED) is 0.0698. The Bertz CT molecular complexity index is 2070. The van der Waals surface area contributed by atoms with Crippen molar-refractivity contribution in [3.05, 3.63) is 34.6 Å². The second-order valence-corrected chi connectivity index (χ2v) is 22.6. The first-order valence-electron chi connectivity index (χ1n) is 26.7. The Labute approximate surface area is 543 Å². The van der Waals surface area contributed by atoms with Crippen LogP contribution in [0.3, 0.4) is 0 Å². The van der Waals surface area contributed by atoms with E-state index in [0.717, 1.165) is 0 Å². The summed E-state index contributed by atoms with van der Waals surface area (Å²) in [6.07, 6.45) is -61.7. The van der Waals surface area contributed by atoms with Gasteiger partial charge in [-0.2, -0.15) is 0 Å². The zero-order valence-corrected chi connectivity index (χ0v) is 52.3. The molecule has 0 aliphatic carbocycles. The SMILES string of the molecule is OCC1(O)OC(CCCl)/C(O)=C(\O)C(O)OC(CCCl)C(O)C(O)C(O)OC(CCCl)C(O)C(O)C(O)OC(CCCl)/C(O)=C(/O)C(O)OC(CCCl)C(O)C(O)C(O)OC2C(CCl)OC(OC(CCCl)/C(O)=C(\O)C(O)OC(CCCl)C1O)C(O)C2O. The molecule has 0 radical (unpaired) electrons. The Balaban J connectivity index is 2.83. The Kier molecular flexibility index (Phi) is 39.1. The average molecular weight is 1450 g/mol. The van der Waals surface area contributed by atoms with E-state index < -0.39 is 293 Å². The van der Waals surface area contributed by atoms with E-state index in [-0.39, 0.29) is 0 Å². The van der Waals surface area contributed by atoms with Crippen molar-refractivity contribution in [2.45, 2.75) is 205 Å². The Morgan fingerprint density at radius 3 is 1.03 bits per heavy atom. The number of ether oxygens (including phenoxy) is 9. The zero-order chi connectivity index (χ0) is 67.1. The molecule has 3 heterocycles. The third kappa shape index (κ3) is 23.6. The number of rotatable bonds is 16.